The molecule has 1 aromatic carbocycles. The molecule has 0 bridgehead atoms. The lowest BCUT2D eigenvalue weighted by atomic mass is 9.92. The number of nitrogens with zero attached hydrogens (tertiary/aromatic N) is 1. The minimum Gasteiger partial charge on any atom is -0.478 e. The molecule has 1 saturated heterocycles. The van der Waals surface area contributed by atoms with E-state index >= 15 is 0 Å². The van der Waals surface area contributed by atoms with Gasteiger partial charge < -0.3 is 10.2 Å². The number of benzene rings is 1. The van der Waals surface area contributed by atoms with Crippen molar-refractivity contribution in [2.45, 2.75) is 32.4 Å². The molecule has 1 unspecified atom stereocenters. The molecule has 1 heterocycles. The molecule has 0 radical (unpaired) electrons. The number of carboxylic acids is 1. The second-order valence-corrected chi connectivity index (χ2v) is 5.47. The molecule has 0 aliphatic carbocycles. The summed E-state index contributed by atoms with van der Waals surface area (Å²) >= 11 is 0. The second kappa shape index (κ2) is 6.33. The first-order valence-corrected chi connectivity index (χ1v) is 6.89. The van der Waals surface area contributed by atoms with Gasteiger partial charge in [-0.3, -0.25) is 4.90 Å². The minimum atomic E-state index is -1.24. The van der Waals surface area contributed by atoms with E-state index in [1.54, 1.807) is 6.07 Å². The number of aliphatic hydroxyl groups is 1. The molecule has 0 saturated carbocycles. The van der Waals surface area contributed by atoms with E-state index in [-0.39, 0.29) is 11.7 Å². The smallest absolute Gasteiger partial charge is 0.338 e. The third-order valence-corrected chi connectivity index (χ3v) is 3.98. The van der Waals surface area contributed by atoms with E-state index in [1.165, 1.54) is 12.1 Å². The van der Waals surface area contributed by atoms with Crippen LogP contribution in [0.4, 0.5) is 4.39 Å². The highest BCUT2D eigenvalue weighted by atomic mass is 19.1. The van der Waals surface area contributed by atoms with Crippen LogP contribution in [0.3, 0.4) is 0 Å². The van der Waals surface area contributed by atoms with Crippen molar-refractivity contribution in [1.29, 1.82) is 0 Å². The average Bonchev–Trinajstić information content (AvgIpc) is 2.39. The van der Waals surface area contributed by atoms with Gasteiger partial charge in [-0.15, -0.1) is 0 Å². The molecule has 4 nitrogen and oxygen atoms in total. The number of aliphatic hydroxyl groups excluding tert-OH is 1. The van der Waals surface area contributed by atoms with Crippen LogP contribution in [0.5, 0.6) is 0 Å². The SMILES string of the molecule is CC(O)C1CCN(Cc2ccc(C(=O)O)c(F)c2)CC1. The third kappa shape index (κ3) is 3.55. The van der Waals surface area contributed by atoms with Crippen molar-refractivity contribution in [3.8, 4) is 0 Å². The maximum absolute atomic E-state index is 13.6. The molecule has 2 rings (SSSR count). The first-order chi connectivity index (χ1) is 9.47. The minimum absolute atomic E-state index is 0.274. The highest BCUT2D eigenvalue weighted by molar-refractivity contribution is 5.87. The maximum Gasteiger partial charge on any atom is 0.338 e. The van der Waals surface area contributed by atoms with Gasteiger partial charge in [0, 0.05) is 6.54 Å². The maximum atomic E-state index is 13.6. The molecule has 1 aromatic rings. The van der Waals surface area contributed by atoms with Crippen molar-refractivity contribution in [3.05, 3.63) is 35.1 Å². The highest BCUT2D eigenvalue weighted by Gasteiger charge is 2.22. The van der Waals surface area contributed by atoms with Gasteiger partial charge in [-0.1, -0.05) is 6.07 Å². The van der Waals surface area contributed by atoms with Gasteiger partial charge >= 0.3 is 5.97 Å². The summed E-state index contributed by atoms with van der Waals surface area (Å²) in [6.45, 7) is 4.18. The molecular weight excluding hydrogens is 261 g/mol. The van der Waals surface area contributed by atoms with Crippen molar-refractivity contribution < 1.29 is 19.4 Å². The van der Waals surface area contributed by atoms with Gasteiger partial charge in [0.2, 0.25) is 0 Å². The lowest BCUT2D eigenvalue weighted by Gasteiger charge is -2.33. The van der Waals surface area contributed by atoms with Crippen LogP contribution in [0, 0.1) is 11.7 Å². The molecule has 0 aromatic heterocycles. The van der Waals surface area contributed by atoms with Crippen LogP contribution >= 0.6 is 0 Å². The lowest BCUT2D eigenvalue weighted by molar-refractivity contribution is 0.0691. The fraction of sp³-hybridized carbons (Fsp3) is 0.533. The van der Waals surface area contributed by atoms with Crippen molar-refractivity contribution in [3.63, 3.8) is 0 Å². The van der Waals surface area contributed by atoms with Crippen LogP contribution in [0.2, 0.25) is 0 Å². The Kier molecular flexibility index (Phi) is 4.73. The molecule has 1 fully saturated rings. The van der Waals surface area contributed by atoms with Gasteiger partial charge in [-0.25, -0.2) is 9.18 Å². The zero-order valence-corrected chi connectivity index (χ0v) is 11.6. The molecule has 1 aliphatic heterocycles. The van der Waals surface area contributed by atoms with Crippen LogP contribution in [0.25, 0.3) is 0 Å². The number of hydrogen-bond acceptors (Lipinski definition) is 3. The fourth-order valence-corrected chi connectivity index (χ4v) is 2.68. The zero-order chi connectivity index (χ0) is 14.7. The summed E-state index contributed by atoms with van der Waals surface area (Å²) in [7, 11) is 0. The monoisotopic (exact) mass is 281 g/mol. The van der Waals surface area contributed by atoms with Crippen molar-refractivity contribution >= 4 is 5.97 Å². The van der Waals surface area contributed by atoms with E-state index in [0.717, 1.165) is 31.5 Å². The van der Waals surface area contributed by atoms with E-state index in [1.807, 2.05) is 6.92 Å². The van der Waals surface area contributed by atoms with Gasteiger partial charge in [0.25, 0.3) is 0 Å². The Morgan fingerprint density at radius 1 is 1.45 bits per heavy atom. The fourth-order valence-electron chi connectivity index (χ4n) is 2.68. The summed E-state index contributed by atoms with van der Waals surface area (Å²) < 4.78 is 13.6. The first kappa shape index (κ1) is 14.9. The Hall–Kier alpha value is -1.46. The van der Waals surface area contributed by atoms with Crippen LogP contribution < -0.4 is 0 Å². The lowest BCUT2D eigenvalue weighted by Crippen LogP contribution is -2.36. The quantitative estimate of drug-likeness (QED) is 0.887. The number of aromatic carboxylic acids is 1. The topological polar surface area (TPSA) is 60.8 Å². The largest absolute Gasteiger partial charge is 0.478 e. The predicted octanol–water partition coefficient (Wildman–Crippen LogP) is 2.12. The normalized spacial score (nSPS) is 18.9. The summed E-state index contributed by atoms with van der Waals surface area (Å²) in [6, 6.07) is 4.27. The average molecular weight is 281 g/mol. The molecule has 2 N–H and O–H groups in total. The number of piperidine rings is 1. The van der Waals surface area contributed by atoms with Crippen molar-refractivity contribution in [2.75, 3.05) is 13.1 Å². The first-order valence-electron chi connectivity index (χ1n) is 6.89. The number of halogens is 1. The van der Waals surface area contributed by atoms with Gasteiger partial charge in [0.05, 0.1) is 11.7 Å². The van der Waals surface area contributed by atoms with Crippen molar-refractivity contribution in [1.82, 2.24) is 4.90 Å². The van der Waals surface area contributed by atoms with E-state index in [9.17, 15) is 14.3 Å². The third-order valence-electron chi connectivity index (χ3n) is 3.98. The summed E-state index contributed by atoms with van der Waals surface area (Å²) in [5.74, 6) is -1.59. The van der Waals surface area contributed by atoms with Gasteiger partial charge in [0.1, 0.15) is 5.82 Å². The van der Waals surface area contributed by atoms with Gasteiger partial charge in [-0.05, 0) is 56.5 Å². The summed E-state index contributed by atoms with van der Waals surface area (Å²) in [4.78, 5) is 13.0. The Morgan fingerprint density at radius 3 is 2.60 bits per heavy atom. The standard InChI is InChI=1S/C15H20FNO3/c1-10(18)12-4-6-17(7-5-12)9-11-2-3-13(15(19)20)14(16)8-11/h2-3,8,10,12,18H,4-7,9H2,1H3,(H,19,20). The van der Waals surface area contributed by atoms with Gasteiger partial charge in [-0.2, -0.15) is 0 Å². The Balaban J connectivity index is 1.95. The predicted molar refractivity (Wildman–Crippen MR) is 73.0 cm³/mol. The van der Waals surface area contributed by atoms with Crippen LogP contribution in [-0.4, -0.2) is 40.3 Å². The zero-order valence-electron chi connectivity index (χ0n) is 11.6. The molecular formula is C15H20FNO3. The second-order valence-electron chi connectivity index (χ2n) is 5.47. The number of carbonyl (C=O) groups is 1. The molecule has 1 aliphatic rings. The summed E-state index contributed by atoms with van der Waals surface area (Å²) in [5.41, 5.74) is 0.490. The number of rotatable bonds is 4. The molecule has 1 atom stereocenters. The molecule has 0 spiro atoms. The molecule has 20 heavy (non-hydrogen) atoms. The highest BCUT2D eigenvalue weighted by Crippen LogP contribution is 2.22. The van der Waals surface area contributed by atoms with E-state index in [2.05, 4.69) is 4.90 Å². The van der Waals surface area contributed by atoms with E-state index in [4.69, 9.17) is 5.11 Å². The molecule has 0 amide bonds. The van der Waals surface area contributed by atoms with Crippen LogP contribution in [0.15, 0.2) is 18.2 Å². The van der Waals surface area contributed by atoms with Crippen molar-refractivity contribution in [2.24, 2.45) is 5.92 Å². The number of likely N-dealkylation sites (tertiary alicyclic amines) is 1. The Morgan fingerprint density at radius 2 is 2.10 bits per heavy atom. The molecule has 5 heteroatoms. The Labute approximate surface area is 117 Å². The van der Waals surface area contributed by atoms with Gasteiger partial charge in [0.15, 0.2) is 0 Å². The van der Waals surface area contributed by atoms with E-state index in [0.29, 0.717) is 12.5 Å². The van der Waals surface area contributed by atoms with E-state index < -0.39 is 11.8 Å². The number of carboxylic acid groups (broad SMARTS) is 1. The molecule has 110 valence electrons. The van der Waals surface area contributed by atoms with Crippen LogP contribution in [-0.2, 0) is 6.54 Å². The number of hydrogen-bond donors (Lipinski definition) is 2. The summed E-state index contributed by atoms with van der Waals surface area (Å²) in [6.07, 6.45) is 1.60. The van der Waals surface area contributed by atoms with Crippen LogP contribution in [0.1, 0.15) is 35.7 Å². The Bertz CT molecular complexity index is 482. The summed E-state index contributed by atoms with van der Waals surface area (Å²) in [5, 5.41) is 18.3.